The van der Waals surface area contributed by atoms with Gasteiger partial charge in [-0.3, -0.25) is 9.59 Å². The number of carboxylic acids is 1. The molecule has 6 nitrogen and oxygen atoms in total. The molecule has 1 aromatic carbocycles. The van der Waals surface area contributed by atoms with Gasteiger partial charge < -0.3 is 14.4 Å². The standard InChI is InChI=1S/C16H20N2O4/c1-3-12(16(20)21)15(19)10-22-9-8-18-11(2)17-13-6-4-5-7-14(13)18/h4-7,12H,3,8-10H2,1-2H3,(H,20,21). The van der Waals surface area contributed by atoms with E-state index in [1.807, 2.05) is 35.8 Å². The Labute approximate surface area is 128 Å². The summed E-state index contributed by atoms with van der Waals surface area (Å²) in [5, 5.41) is 8.92. The zero-order chi connectivity index (χ0) is 16.1. The molecule has 0 amide bonds. The summed E-state index contributed by atoms with van der Waals surface area (Å²) in [6.45, 7) is 4.34. The van der Waals surface area contributed by atoms with Crippen molar-refractivity contribution in [1.82, 2.24) is 9.55 Å². The maximum Gasteiger partial charge on any atom is 0.314 e. The normalized spacial score (nSPS) is 12.5. The number of imidazole rings is 1. The monoisotopic (exact) mass is 304 g/mol. The average Bonchev–Trinajstić information content (AvgIpc) is 2.79. The number of carbonyl (C=O) groups is 2. The number of aryl methyl sites for hydroxylation is 1. The molecule has 1 heterocycles. The number of benzene rings is 1. The van der Waals surface area contributed by atoms with Crippen LogP contribution in [0.5, 0.6) is 0 Å². The third-order valence-electron chi connectivity index (χ3n) is 3.64. The number of aromatic nitrogens is 2. The van der Waals surface area contributed by atoms with Crippen LogP contribution in [-0.4, -0.2) is 39.6 Å². The van der Waals surface area contributed by atoms with E-state index in [1.54, 1.807) is 6.92 Å². The molecule has 1 atom stereocenters. The quantitative estimate of drug-likeness (QED) is 0.596. The van der Waals surface area contributed by atoms with Crippen LogP contribution in [0.3, 0.4) is 0 Å². The number of para-hydroxylation sites is 2. The number of nitrogens with zero attached hydrogens (tertiary/aromatic N) is 2. The second kappa shape index (κ2) is 7.17. The number of hydrogen-bond donors (Lipinski definition) is 1. The lowest BCUT2D eigenvalue weighted by molar-refractivity contribution is -0.147. The first-order chi connectivity index (χ1) is 10.5. The molecule has 1 aromatic heterocycles. The maximum absolute atomic E-state index is 11.7. The van der Waals surface area contributed by atoms with Gasteiger partial charge in [0.25, 0.3) is 0 Å². The van der Waals surface area contributed by atoms with Crippen molar-refractivity contribution in [3.8, 4) is 0 Å². The lowest BCUT2D eigenvalue weighted by Crippen LogP contribution is -2.27. The third kappa shape index (κ3) is 3.51. The van der Waals surface area contributed by atoms with Crippen molar-refractivity contribution in [3.05, 3.63) is 30.1 Å². The molecule has 0 radical (unpaired) electrons. The van der Waals surface area contributed by atoms with E-state index >= 15 is 0 Å². The minimum Gasteiger partial charge on any atom is -0.481 e. The molecule has 0 bridgehead atoms. The molecule has 1 N–H and O–H groups in total. The fraction of sp³-hybridized carbons (Fsp3) is 0.438. The number of hydrogen-bond acceptors (Lipinski definition) is 4. The van der Waals surface area contributed by atoms with Gasteiger partial charge in [0.15, 0.2) is 5.78 Å². The minimum absolute atomic E-state index is 0.170. The summed E-state index contributed by atoms with van der Waals surface area (Å²) in [4.78, 5) is 27.1. The van der Waals surface area contributed by atoms with E-state index in [1.165, 1.54) is 0 Å². The second-order valence-electron chi connectivity index (χ2n) is 5.12. The van der Waals surface area contributed by atoms with Crippen LogP contribution in [-0.2, 0) is 20.9 Å². The van der Waals surface area contributed by atoms with Gasteiger partial charge in [0, 0.05) is 6.54 Å². The summed E-state index contributed by atoms with van der Waals surface area (Å²) >= 11 is 0. The van der Waals surface area contributed by atoms with E-state index in [0.717, 1.165) is 16.9 Å². The predicted molar refractivity (Wildman–Crippen MR) is 81.7 cm³/mol. The minimum atomic E-state index is -1.09. The Bertz CT molecular complexity index is 678. The fourth-order valence-corrected chi connectivity index (χ4v) is 2.45. The van der Waals surface area contributed by atoms with Crippen LogP contribution in [0.4, 0.5) is 0 Å². The molecule has 118 valence electrons. The highest BCUT2D eigenvalue weighted by atomic mass is 16.5. The molecule has 0 aliphatic heterocycles. The van der Waals surface area contributed by atoms with Crippen molar-refractivity contribution in [2.24, 2.45) is 5.92 Å². The van der Waals surface area contributed by atoms with Crippen LogP contribution in [0.15, 0.2) is 24.3 Å². The molecular weight excluding hydrogens is 284 g/mol. The number of carbonyl (C=O) groups excluding carboxylic acids is 1. The molecule has 1 unspecified atom stereocenters. The number of fused-ring (bicyclic) bond motifs is 1. The number of ketones is 1. The molecule has 2 rings (SSSR count). The van der Waals surface area contributed by atoms with Gasteiger partial charge in [-0.15, -0.1) is 0 Å². The molecule has 22 heavy (non-hydrogen) atoms. The Morgan fingerprint density at radius 2 is 2.09 bits per heavy atom. The van der Waals surface area contributed by atoms with Gasteiger partial charge in [0.2, 0.25) is 0 Å². The Morgan fingerprint density at radius 3 is 2.77 bits per heavy atom. The van der Waals surface area contributed by atoms with Crippen LogP contribution < -0.4 is 0 Å². The number of carboxylic acid groups (broad SMARTS) is 1. The first-order valence-electron chi connectivity index (χ1n) is 7.29. The smallest absolute Gasteiger partial charge is 0.314 e. The SMILES string of the molecule is CCC(C(=O)O)C(=O)COCCn1c(C)nc2ccccc21. The fourth-order valence-electron chi connectivity index (χ4n) is 2.45. The van der Waals surface area contributed by atoms with Gasteiger partial charge in [-0.05, 0) is 25.5 Å². The van der Waals surface area contributed by atoms with Gasteiger partial charge in [-0.25, -0.2) is 4.98 Å². The second-order valence-corrected chi connectivity index (χ2v) is 5.12. The Hall–Kier alpha value is -2.21. The van der Waals surface area contributed by atoms with Gasteiger partial charge >= 0.3 is 5.97 Å². The summed E-state index contributed by atoms with van der Waals surface area (Å²) in [7, 11) is 0. The highest BCUT2D eigenvalue weighted by Gasteiger charge is 2.23. The Kier molecular flexibility index (Phi) is 5.27. The lowest BCUT2D eigenvalue weighted by atomic mass is 10.0. The van der Waals surface area contributed by atoms with Crippen LogP contribution in [0.25, 0.3) is 11.0 Å². The van der Waals surface area contributed by atoms with E-state index < -0.39 is 11.9 Å². The van der Waals surface area contributed by atoms with Gasteiger partial charge in [-0.2, -0.15) is 0 Å². The van der Waals surface area contributed by atoms with Crippen LogP contribution in [0.1, 0.15) is 19.2 Å². The third-order valence-corrected chi connectivity index (χ3v) is 3.64. The van der Waals surface area contributed by atoms with Gasteiger partial charge in [0.1, 0.15) is 18.3 Å². The summed E-state index contributed by atoms with van der Waals surface area (Å²) < 4.78 is 7.37. The molecule has 2 aromatic rings. The Balaban J connectivity index is 1.90. The molecule has 0 aliphatic rings. The number of Topliss-reactive ketones (excluding diaryl/α,β-unsaturated/α-hetero) is 1. The number of ether oxygens (including phenoxy) is 1. The average molecular weight is 304 g/mol. The summed E-state index contributed by atoms with van der Waals surface area (Å²) in [5.41, 5.74) is 1.94. The molecule has 0 fully saturated rings. The van der Waals surface area contributed by atoms with Crippen LogP contribution in [0, 0.1) is 12.8 Å². The summed E-state index contributed by atoms with van der Waals surface area (Å²) in [6.07, 6.45) is 0.281. The summed E-state index contributed by atoms with van der Waals surface area (Å²) in [5.74, 6) is -1.57. The highest BCUT2D eigenvalue weighted by Crippen LogP contribution is 2.15. The number of rotatable bonds is 8. The molecule has 0 saturated heterocycles. The molecule has 0 saturated carbocycles. The van der Waals surface area contributed by atoms with E-state index in [9.17, 15) is 9.59 Å². The van der Waals surface area contributed by atoms with Crippen molar-refractivity contribution < 1.29 is 19.4 Å². The first kappa shape index (κ1) is 16.2. The largest absolute Gasteiger partial charge is 0.481 e. The van der Waals surface area contributed by atoms with Crippen molar-refractivity contribution in [1.29, 1.82) is 0 Å². The van der Waals surface area contributed by atoms with E-state index in [0.29, 0.717) is 13.2 Å². The van der Waals surface area contributed by atoms with E-state index in [-0.39, 0.29) is 18.8 Å². The zero-order valence-corrected chi connectivity index (χ0v) is 12.8. The van der Waals surface area contributed by atoms with Crippen molar-refractivity contribution in [3.63, 3.8) is 0 Å². The van der Waals surface area contributed by atoms with Gasteiger partial charge in [-0.1, -0.05) is 19.1 Å². The van der Waals surface area contributed by atoms with Crippen LogP contribution in [0.2, 0.25) is 0 Å². The van der Waals surface area contributed by atoms with E-state index in [2.05, 4.69) is 4.98 Å². The molecule has 0 aliphatic carbocycles. The molecule has 6 heteroatoms. The number of aliphatic carboxylic acids is 1. The highest BCUT2D eigenvalue weighted by molar-refractivity contribution is 5.98. The van der Waals surface area contributed by atoms with Gasteiger partial charge in [0.05, 0.1) is 17.6 Å². The van der Waals surface area contributed by atoms with E-state index in [4.69, 9.17) is 9.84 Å². The summed E-state index contributed by atoms with van der Waals surface area (Å²) in [6, 6.07) is 7.81. The lowest BCUT2D eigenvalue weighted by Gasteiger charge is -2.10. The van der Waals surface area contributed by atoms with Crippen molar-refractivity contribution in [2.45, 2.75) is 26.8 Å². The molecular formula is C16H20N2O4. The maximum atomic E-state index is 11.7. The zero-order valence-electron chi connectivity index (χ0n) is 12.8. The Morgan fingerprint density at radius 1 is 1.36 bits per heavy atom. The predicted octanol–water partition coefficient (Wildman–Crippen LogP) is 2.04. The first-order valence-corrected chi connectivity index (χ1v) is 7.29. The van der Waals surface area contributed by atoms with Crippen molar-refractivity contribution in [2.75, 3.05) is 13.2 Å². The van der Waals surface area contributed by atoms with Crippen LogP contribution >= 0.6 is 0 Å². The molecule has 0 spiro atoms. The van der Waals surface area contributed by atoms with Crippen molar-refractivity contribution >= 4 is 22.8 Å². The topological polar surface area (TPSA) is 81.4 Å².